The first-order chi connectivity index (χ1) is 16.8. The van der Waals surface area contributed by atoms with Crippen LogP contribution in [0.4, 0.5) is 5.13 Å². The summed E-state index contributed by atoms with van der Waals surface area (Å²) in [5.41, 5.74) is 4.29. The number of nitrogens with two attached hydrogens (primary N) is 1. The number of primary sulfonamides is 1. The second-order valence-electron chi connectivity index (χ2n) is 8.42. The predicted molar refractivity (Wildman–Crippen MR) is 123 cm³/mol. The van der Waals surface area contributed by atoms with E-state index in [0.717, 1.165) is 17.1 Å². The number of aromatic nitrogens is 3. The lowest BCUT2D eigenvalue weighted by atomic mass is 10.0. The number of sulfonamides is 2. The van der Waals surface area contributed by atoms with Gasteiger partial charge in [-0.25, -0.2) is 40.6 Å². The first kappa shape index (κ1) is 30.9. The van der Waals surface area contributed by atoms with Crippen LogP contribution in [0, 0.1) is 17.2 Å². The summed E-state index contributed by atoms with van der Waals surface area (Å²) in [6.45, 7) is 10.6. The van der Waals surface area contributed by atoms with Gasteiger partial charge in [0.1, 0.15) is 0 Å². The van der Waals surface area contributed by atoms with Crippen LogP contribution in [0.3, 0.4) is 0 Å². The molecule has 2 heterocycles. The van der Waals surface area contributed by atoms with Crippen molar-refractivity contribution in [2.45, 2.75) is 55.7 Å². The fraction of sp³-hybridized carbons (Fsp3) is 0.350. The maximum atomic E-state index is 12.7. The lowest BCUT2D eigenvalue weighted by Crippen LogP contribution is -2.68. The zero-order valence-electron chi connectivity index (χ0n) is 20.4. The fourth-order valence-electron chi connectivity index (χ4n) is 3.25. The molecule has 0 amide bonds. The third-order valence-electron chi connectivity index (χ3n) is 4.73. The SMILES string of the molecule is Cc1cc(C(C)C)[n+](-c2ccc(S(=O)(=O)Nc3nnc(S(N)(=O)=O)s3)cc2)c(C(C)C)c1.[O-][Cl+3]([O-])([O-])[O-]. The summed E-state index contributed by atoms with van der Waals surface area (Å²) in [6.07, 6.45) is 0. The van der Waals surface area contributed by atoms with E-state index in [1.807, 2.05) is 0 Å². The van der Waals surface area contributed by atoms with E-state index in [1.165, 1.54) is 17.7 Å². The highest BCUT2D eigenvalue weighted by Gasteiger charge is 2.26. The molecule has 0 radical (unpaired) electrons. The second kappa shape index (κ2) is 11.6. The van der Waals surface area contributed by atoms with Crippen LogP contribution in [0.2, 0.25) is 0 Å². The molecule has 0 saturated heterocycles. The number of benzene rings is 1. The van der Waals surface area contributed by atoms with Gasteiger partial charge in [0.25, 0.3) is 20.0 Å². The summed E-state index contributed by atoms with van der Waals surface area (Å²) < 4.78 is 86.1. The van der Waals surface area contributed by atoms with Crippen molar-refractivity contribution >= 4 is 36.5 Å². The van der Waals surface area contributed by atoms with Crippen LogP contribution in [-0.2, 0) is 20.0 Å². The molecule has 0 bridgehead atoms. The maximum absolute atomic E-state index is 12.7. The molecule has 1 aromatic carbocycles. The number of nitrogens with zero attached hydrogens (tertiary/aromatic N) is 3. The molecule has 37 heavy (non-hydrogen) atoms. The first-order valence-electron chi connectivity index (χ1n) is 10.5. The summed E-state index contributed by atoms with van der Waals surface area (Å²) in [7, 11) is -13.0. The van der Waals surface area contributed by atoms with Crippen LogP contribution in [0.1, 0.15) is 56.5 Å². The average Bonchev–Trinajstić information content (AvgIpc) is 3.20. The number of aryl methyl sites for hydroxylation is 1. The van der Waals surface area contributed by atoms with E-state index in [1.54, 1.807) is 12.1 Å². The molecule has 3 aromatic rings. The van der Waals surface area contributed by atoms with Crippen molar-refractivity contribution < 1.29 is 50.3 Å². The Hall–Kier alpha value is -2.28. The average molecular weight is 596 g/mol. The third kappa shape index (κ3) is 8.91. The molecule has 0 aliphatic carbocycles. The lowest BCUT2D eigenvalue weighted by molar-refractivity contribution is -2.00. The Morgan fingerprint density at radius 3 is 1.76 bits per heavy atom. The van der Waals surface area contributed by atoms with E-state index in [-0.39, 0.29) is 21.9 Å². The van der Waals surface area contributed by atoms with Gasteiger partial charge in [-0.15, -0.1) is 20.4 Å². The third-order valence-corrected chi connectivity index (χ3v) is 8.36. The minimum atomic E-state index is -4.94. The van der Waals surface area contributed by atoms with Crippen LogP contribution < -0.4 is 33.1 Å². The Bertz CT molecular complexity index is 1420. The maximum Gasteiger partial charge on any atom is 0.267 e. The number of anilines is 1. The minimum Gasteiger partial charge on any atom is -0.253 e. The smallest absolute Gasteiger partial charge is 0.253 e. The van der Waals surface area contributed by atoms with Crippen molar-refractivity contribution in [2.75, 3.05) is 4.72 Å². The zero-order chi connectivity index (χ0) is 28.3. The number of nitrogens with one attached hydrogen (secondary N) is 1. The van der Waals surface area contributed by atoms with Gasteiger partial charge in [-0.3, -0.25) is 4.72 Å². The van der Waals surface area contributed by atoms with Gasteiger partial charge in [0.05, 0.1) is 4.90 Å². The van der Waals surface area contributed by atoms with E-state index in [0.29, 0.717) is 11.3 Å². The van der Waals surface area contributed by atoms with Gasteiger partial charge >= 0.3 is 0 Å². The Labute approximate surface area is 221 Å². The molecule has 17 heteroatoms. The summed E-state index contributed by atoms with van der Waals surface area (Å²) >= 11 is 0.543. The van der Waals surface area contributed by atoms with E-state index in [4.69, 9.17) is 23.8 Å². The first-order valence-corrected chi connectivity index (χ1v) is 15.6. The molecule has 3 N–H and O–H groups in total. The molecule has 204 valence electrons. The van der Waals surface area contributed by atoms with Crippen LogP contribution in [0.25, 0.3) is 5.69 Å². The highest BCUT2D eigenvalue weighted by Crippen LogP contribution is 2.24. The Morgan fingerprint density at radius 2 is 1.38 bits per heavy atom. The van der Waals surface area contributed by atoms with Crippen molar-refractivity contribution in [2.24, 2.45) is 5.14 Å². The van der Waals surface area contributed by atoms with E-state index in [2.05, 4.69) is 66.2 Å². The topological polar surface area (TPSA) is 228 Å². The van der Waals surface area contributed by atoms with Crippen LogP contribution in [-0.4, -0.2) is 27.0 Å². The molecule has 0 unspecified atom stereocenters. The van der Waals surface area contributed by atoms with Gasteiger partial charge in [0.2, 0.25) is 15.2 Å². The summed E-state index contributed by atoms with van der Waals surface area (Å²) in [4.78, 5) is 0.0125. The quantitative estimate of drug-likeness (QED) is 0.287. The van der Waals surface area contributed by atoms with Crippen molar-refractivity contribution in [1.82, 2.24) is 10.2 Å². The molecule has 0 aliphatic rings. The number of halogens is 1. The van der Waals surface area contributed by atoms with Gasteiger partial charge < -0.3 is 0 Å². The van der Waals surface area contributed by atoms with Gasteiger partial charge in [-0.1, -0.05) is 39.0 Å². The predicted octanol–water partition coefficient (Wildman–Crippen LogP) is -1.94. The highest BCUT2D eigenvalue weighted by molar-refractivity contribution is 7.93. The van der Waals surface area contributed by atoms with Crippen LogP contribution in [0.5, 0.6) is 0 Å². The number of hydrogen-bond donors (Lipinski definition) is 2. The van der Waals surface area contributed by atoms with E-state index in [9.17, 15) is 16.8 Å². The van der Waals surface area contributed by atoms with Crippen molar-refractivity contribution in [3.8, 4) is 5.69 Å². The Balaban J connectivity index is 0.000000877. The normalized spacial score (nSPS) is 12.4. The van der Waals surface area contributed by atoms with Gasteiger partial charge in [-0.2, -0.15) is 4.57 Å². The lowest BCUT2D eigenvalue weighted by Gasteiger charge is -2.17. The Kier molecular flexibility index (Phi) is 9.72. The molecule has 2 aromatic heterocycles. The molecule has 13 nitrogen and oxygen atoms in total. The molecule has 0 saturated carbocycles. The van der Waals surface area contributed by atoms with Gasteiger partial charge in [0.15, 0.2) is 11.4 Å². The monoisotopic (exact) mass is 595 g/mol. The Morgan fingerprint density at radius 1 is 0.919 bits per heavy atom. The number of pyridine rings is 1. The standard InChI is InChI=1S/C20H26N5O4S3.ClHO4/c1-12(2)17-10-14(5)11-18(13(3)4)25(17)15-6-8-16(9-7-15)32(28,29)24-19-22-23-20(30-19)31(21,26)27;2-1(3,4)5/h6-13H,1-5H3,(H,22,24)(H2,21,26,27);(H,2,3,4,5)/q+1;/p-1. The number of hydrogen-bond acceptors (Lipinski definition) is 11. The molecular formula is C20H26ClN5O8S3. The van der Waals surface area contributed by atoms with Crippen LogP contribution in [0.15, 0.2) is 45.6 Å². The largest absolute Gasteiger partial charge is 0.267 e. The van der Waals surface area contributed by atoms with Crippen molar-refractivity contribution in [1.29, 1.82) is 0 Å². The summed E-state index contributed by atoms with van der Waals surface area (Å²) in [5.74, 6) is 0.533. The van der Waals surface area contributed by atoms with Crippen molar-refractivity contribution in [3.63, 3.8) is 0 Å². The molecule has 0 fully saturated rings. The van der Waals surface area contributed by atoms with Crippen molar-refractivity contribution in [3.05, 3.63) is 53.3 Å². The second-order valence-corrected chi connectivity index (χ2v) is 13.6. The summed E-state index contributed by atoms with van der Waals surface area (Å²) in [5, 5.41) is 11.8. The van der Waals surface area contributed by atoms with Crippen LogP contribution >= 0.6 is 11.3 Å². The van der Waals surface area contributed by atoms with E-state index >= 15 is 0 Å². The minimum absolute atomic E-state index is 0.0125. The molecule has 3 rings (SSSR count). The summed E-state index contributed by atoms with van der Waals surface area (Å²) in [6, 6.07) is 10.8. The van der Waals surface area contributed by atoms with E-state index < -0.39 is 34.6 Å². The molecular weight excluding hydrogens is 570 g/mol. The molecule has 0 spiro atoms. The zero-order valence-corrected chi connectivity index (χ0v) is 23.6. The van der Waals surface area contributed by atoms with Gasteiger partial charge in [-0.05, 0) is 24.6 Å². The number of rotatable bonds is 7. The molecule has 0 aliphatic heterocycles. The molecule has 0 atom stereocenters. The highest BCUT2D eigenvalue weighted by atomic mass is 35.7. The van der Waals surface area contributed by atoms with Gasteiger partial charge in [0, 0.05) is 36.1 Å². The fourth-order valence-corrected chi connectivity index (χ4v) is 5.81.